The van der Waals surface area contributed by atoms with Crippen molar-refractivity contribution in [1.29, 1.82) is 0 Å². The number of hydrogen-bond donors (Lipinski definition) is 2. The Morgan fingerprint density at radius 2 is 1.83 bits per heavy atom. The number of β-lactam (4-membered cyclic amide) rings is 1. The predicted molar refractivity (Wildman–Crippen MR) is 107 cm³/mol. The molecule has 2 aliphatic rings. The summed E-state index contributed by atoms with van der Waals surface area (Å²) in [6.07, 6.45) is 0. The molecule has 0 bridgehead atoms. The second-order valence-corrected chi connectivity index (χ2v) is 10.4. The maximum absolute atomic E-state index is 12.8. The number of esters is 1. The molecule has 0 saturated carbocycles. The lowest BCUT2D eigenvalue weighted by Crippen LogP contribution is -2.75. The molecule has 0 unspecified atom stereocenters. The number of amides is 2. The fraction of sp³-hybridized carbons (Fsp3) is 0.450. The fourth-order valence-corrected chi connectivity index (χ4v) is 5.40. The Labute approximate surface area is 174 Å². The molecule has 3 rings (SSSR count). The third kappa shape index (κ3) is 3.97. The highest BCUT2D eigenvalue weighted by atomic mass is 32.2. The van der Waals surface area contributed by atoms with Crippen molar-refractivity contribution in [3.8, 4) is 0 Å². The monoisotopic (exact) mass is 436 g/mol. The zero-order valence-corrected chi connectivity index (χ0v) is 17.9. The van der Waals surface area contributed by atoms with Crippen LogP contribution in [0.1, 0.15) is 36.7 Å². The highest BCUT2D eigenvalue weighted by Gasteiger charge is 2.60. The molecule has 0 aromatic heterocycles. The van der Waals surface area contributed by atoms with Crippen LogP contribution in [0.25, 0.3) is 0 Å². The molecule has 2 N–H and O–H groups in total. The maximum Gasteiger partial charge on any atom is 0.355 e. The van der Waals surface area contributed by atoms with Gasteiger partial charge in [-0.2, -0.15) is 0 Å². The van der Waals surface area contributed by atoms with Gasteiger partial charge in [-0.05, 0) is 39.8 Å². The molecule has 1 fully saturated rings. The van der Waals surface area contributed by atoms with E-state index in [1.165, 1.54) is 0 Å². The van der Waals surface area contributed by atoms with Gasteiger partial charge in [0.1, 0.15) is 17.3 Å². The van der Waals surface area contributed by atoms with Crippen molar-refractivity contribution in [1.82, 2.24) is 10.2 Å². The minimum Gasteiger partial charge on any atom is -0.455 e. The topological polar surface area (TPSA) is 130 Å². The van der Waals surface area contributed by atoms with Crippen LogP contribution in [-0.2, 0) is 24.2 Å². The Morgan fingerprint density at radius 3 is 2.37 bits per heavy atom. The van der Waals surface area contributed by atoms with E-state index in [-0.39, 0.29) is 16.8 Å². The summed E-state index contributed by atoms with van der Waals surface area (Å²) >= 11 is 0. The molecule has 1 saturated heterocycles. The minimum atomic E-state index is -3.95. The number of benzene rings is 1. The number of aryl methyl sites for hydroxylation is 1. The summed E-state index contributed by atoms with van der Waals surface area (Å²) in [7, 11) is -3.95. The fourth-order valence-electron chi connectivity index (χ4n) is 3.39. The molecular formula is C20H24N2O7S. The molecular weight excluding hydrogens is 412 g/mol. The molecule has 0 aliphatic carbocycles. The van der Waals surface area contributed by atoms with Crippen molar-refractivity contribution in [3.05, 3.63) is 46.7 Å². The van der Waals surface area contributed by atoms with Gasteiger partial charge in [0, 0.05) is 11.1 Å². The lowest BCUT2D eigenvalue weighted by molar-refractivity contribution is -0.158. The number of nitrogens with zero attached hydrogens (tertiary/aromatic N) is 1. The Kier molecular flexibility index (Phi) is 5.50. The van der Waals surface area contributed by atoms with Crippen LogP contribution in [0.4, 0.5) is 0 Å². The van der Waals surface area contributed by atoms with Crippen molar-refractivity contribution in [3.63, 3.8) is 0 Å². The van der Waals surface area contributed by atoms with E-state index >= 15 is 0 Å². The van der Waals surface area contributed by atoms with E-state index in [2.05, 4.69) is 5.32 Å². The smallest absolute Gasteiger partial charge is 0.355 e. The summed E-state index contributed by atoms with van der Waals surface area (Å²) in [6, 6.07) is 5.24. The van der Waals surface area contributed by atoms with Gasteiger partial charge in [0.25, 0.3) is 11.8 Å². The summed E-state index contributed by atoms with van der Waals surface area (Å²) in [5.41, 5.74) is -0.0612. The van der Waals surface area contributed by atoms with E-state index < -0.39 is 57.0 Å². The first kappa shape index (κ1) is 22.0. The molecule has 2 atom stereocenters. The molecule has 162 valence electrons. The third-order valence-electron chi connectivity index (χ3n) is 4.75. The van der Waals surface area contributed by atoms with E-state index in [1.54, 1.807) is 45.0 Å². The Morgan fingerprint density at radius 1 is 1.23 bits per heavy atom. The average molecular weight is 436 g/mol. The van der Waals surface area contributed by atoms with Gasteiger partial charge in [-0.15, -0.1) is 0 Å². The normalized spacial score (nSPS) is 22.8. The van der Waals surface area contributed by atoms with Crippen LogP contribution in [-0.4, -0.2) is 65.6 Å². The molecule has 1 aromatic carbocycles. The first-order valence-corrected chi connectivity index (χ1v) is 11.1. The molecule has 2 amide bonds. The summed E-state index contributed by atoms with van der Waals surface area (Å²) in [6.45, 7) is 6.02. The SMILES string of the molecule is Cc1ccc(C(=O)N[C@H]2C(=O)N3C(C(=O)OC(C)(C)C)=C(CO)CS(=O)(=O)[C@@H]23)cc1. The number of rotatable bonds is 4. The standard InChI is InChI=1S/C20H24N2O7S/c1-11-5-7-12(8-6-11)16(24)21-14-17(25)22-15(19(26)29-20(2,3)4)13(9-23)10-30(27,28)18(14)22/h5-8,14,18,23H,9-10H2,1-4H3,(H,21,24)/t14-,18-/m0/s1. The summed E-state index contributed by atoms with van der Waals surface area (Å²) in [5.74, 6) is -2.86. The van der Waals surface area contributed by atoms with Crippen LogP contribution in [0.5, 0.6) is 0 Å². The van der Waals surface area contributed by atoms with Crippen LogP contribution in [0.2, 0.25) is 0 Å². The van der Waals surface area contributed by atoms with E-state index in [9.17, 15) is 27.9 Å². The van der Waals surface area contributed by atoms with E-state index in [0.29, 0.717) is 0 Å². The number of hydrogen-bond acceptors (Lipinski definition) is 7. The van der Waals surface area contributed by atoms with Crippen LogP contribution >= 0.6 is 0 Å². The van der Waals surface area contributed by atoms with Gasteiger partial charge in [-0.3, -0.25) is 14.5 Å². The largest absolute Gasteiger partial charge is 0.455 e. The first-order chi connectivity index (χ1) is 13.9. The van der Waals surface area contributed by atoms with Gasteiger partial charge in [-0.25, -0.2) is 13.2 Å². The maximum atomic E-state index is 12.8. The lowest BCUT2D eigenvalue weighted by Gasteiger charge is -2.49. The van der Waals surface area contributed by atoms with Crippen molar-refractivity contribution in [2.45, 2.75) is 44.7 Å². The van der Waals surface area contributed by atoms with Gasteiger partial charge in [0.15, 0.2) is 15.2 Å². The van der Waals surface area contributed by atoms with E-state index in [4.69, 9.17) is 4.74 Å². The predicted octanol–water partition coefficient (Wildman–Crippen LogP) is 0.278. The molecule has 2 aliphatic heterocycles. The number of nitrogens with one attached hydrogen (secondary N) is 1. The summed E-state index contributed by atoms with van der Waals surface area (Å²) in [4.78, 5) is 38.7. The highest BCUT2D eigenvalue weighted by molar-refractivity contribution is 7.92. The second kappa shape index (κ2) is 7.51. The molecule has 0 radical (unpaired) electrons. The van der Waals surface area contributed by atoms with Crippen molar-refractivity contribution in [2.75, 3.05) is 12.4 Å². The lowest BCUT2D eigenvalue weighted by atomic mass is 10.0. The van der Waals surface area contributed by atoms with Crippen molar-refractivity contribution >= 4 is 27.6 Å². The molecule has 9 nitrogen and oxygen atoms in total. The van der Waals surface area contributed by atoms with Gasteiger partial charge in [0.05, 0.1) is 12.4 Å². The number of ether oxygens (including phenoxy) is 1. The Hall–Kier alpha value is -2.72. The zero-order chi connectivity index (χ0) is 22.4. The van der Waals surface area contributed by atoms with Crippen molar-refractivity contribution < 1.29 is 32.6 Å². The Bertz CT molecular complexity index is 1040. The van der Waals surface area contributed by atoms with E-state index in [1.807, 2.05) is 6.92 Å². The third-order valence-corrected chi connectivity index (χ3v) is 6.72. The zero-order valence-electron chi connectivity index (χ0n) is 17.1. The molecule has 2 heterocycles. The number of aliphatic hydroxyl groups is 1. The molecule has 30 heavy (non-hydrogen) atoms. The average Bonchev–Trinajstić information content (AvgIpc) is 2.63. The molecule has 10 heteroatoms. The van der Waals surface area contributed by atoms with Crippen LogP contribution in [0.3, 0.4) is 0 Å². The molecule has 1 aromatic rings. The van der Waals surface area contributed by atoms with Crippen molar-refractivity contribution in [2.24, 2.45) is 0 Å². The quantitative estimate of drug-likeness (QED) is 0.512. The number of sulfone groups is 1. The van der Waals surface area contributed by atoms with Gasteiger partial charge in [0.2, 0.25) is 0 Å². The van der Waals surface area contributed by atoms with Gasteiger partial charge < -0.3 is 15.2 Å². The highest BCUT2D eigenvalue weighted by Crippen LogP contribution is 2.37. The second-order valence-electron chi connectivity index (χ2n) is 8.34. The number of carbonyl (C=O) groups is 3. The van der Waals surface area contributed by atoms with Crippen LogP contribution in [0.15, 0.2) is 35.5 Å². The number of aliphatic hydroxyl groups excluding tert-OH is 1. The molecule has 0 spiro atoms. The number of carbonyl (C=O) groups excluding carboxylic acids is 3. The summed E-state index contributed by atoms with van der Waals surface area (Å²) in [5, 5.41) is 10.6. The van der Waals surface area contributed by atoms with Crippen LogP contribution < -0.4 is 5.32 Å². The number of fused-ring (bicyclic) bond motifs is 1. The summed E-state index contributed by atoms with van der Waals surface area (Å²) < 4.78 is 30.8. The first-order valence-electron chi connectivity index (χ1n) is 9.34. The van der Waals surface area contributed by atoms with Gasteiger partial charge in [-0.1, -0.05) is 17.7 Å². The minimum absolute atomic E-state index is 0.114. The van der Waals surface area contributed by atoms with Crippen LogP contribution in [0, 0.1) is 6.92 Å². The Balaban J connectivity index is 1.91. The van der Waals surface area contributed by atoms with Gasteiger partial charge >= 0.3 is 5.97 Å². The van der Waals surface area contributed by atoms with E-state index in [0.717, 1.165) is 10.5 Å².